The number of alkyl halides is 3. The average Bonchev–Trinajstić information content (AvgIpc) is 3.19. The highest BCUT2D eigenvalue weighted by Gasteiger charge is 2.66. The summed E-state index contributed by atoms with van der Waals surface area (Å²) in [5, 5.41) is 10.9. The molecule has 0 bridgehead atoms. The summed E-state index contributed by atoms with van der Waals surface area (Å²) in [7, 11) is 0. The summed E-state index contributed by atoms with van der Waals surface area (Å²) in [5.41, 5.74) is 2.49. The molecule has 220 valence electrons. The minimum atomic E-state index is -4.69. The van der Waals surface area contributed by atoms with Gasteiger partial charge in [-0.15, -0.1) is 0 Å². The van der Waals surface area contributed by atoms with Crippen molar-refractivity contribution < 1.29 is 32.6 Å². The molecule has 0 radical (unpaired) electrons. The second-order valence-electron chi connectivity index (χ2n) is 10.4. The summed E-state index contributed by atoms with van der Waals surface area (Å²) in [5.74, 6) is -2.67. The number of halogens is 5. The van der Waals surface area contributed by atoms with Crippen molar-refractivity contribution in [3.8, 4) is 11.5 Å². The van der Waals surface area contributed by atoms with E-state index in [1.165, 1.54) is 6.07 Å². The molecule has 3 atom stereocenters. The van der Waals surface area contributed by atoms with Crippen LogP contribution >= 0.6 is 23.2 Å². The summed E-state index contributed by atoms with van der Waals surface area (Å²) >= 11 is 12.3. The van der Waals surface area contributed by atoms with Gasteiger partial charge in [0.05, 0.1) is 28.2 Å². The van der Waals surface area contributed by atoms with Gasteiger partial charge in [-0.05, 0) is 59.5 Å². The van der Waals surface area contributed by atoms with Crippen LogP contribution in [0, 0.1) is 11.8 Å². The lowest BCUT2D eigenvalue weighted by atomic mass is 9.55. The first-order valence-corrected chi connectivity index (χ1v) is 13.8. The molecule has 2 amide bonds. The number of anilines is 1. The van der Waals surface area contributed by atoms with Gasteiger partial charge in [-0.3, -0.25) is 15.0 Å². The number of benzene rings is 2. The van der Waals surface area contributed by atoms with Crippen LogP contribution in [0.25, 0.3) is 0 Å². The third-order valence-corrected chi connectivity index (χ3v) is 8.63. The molecule has 7 nitrogen and oxygen atoms in total. The van der Waals surface area contributed by atoms with Crippen molar-refractivity contribution in [2.45, 2.75) is 24.4 Å². The zero-order valence-electron chi connectivity index (χ0n) is 22.2. The maximum absolute atomic E-state index is 14.7. The number of fused-ring (bicyclic) bond motifs is 2. The highest BCUT2D eigenvalue weighted by atomic mass is 35.5. The first-order chi connectivity index (χ1) is 20.4. The SMILES string of the molecule is C=CC1=CC[C@H]2C(=O)N(Nc3ncc(C(F)(F)F)cc3Cl)C(=O)[C@@]2(c2ccc(Cl)cc2)[C@H]1C1=COc2ccc(O)cc2C1. The Bertz CT molecular complexity index is 1740. The molecule has 1 fully saturated rings. The molecular formula is C31H22Cl2F3N3O4. The van der Waals surface area contributed by atoms with Crippen LogP contribution in [0.3, 0.4) is 0 Å². The number of hydrazine groups is 1. The number of imide groups is 1. The van der Waals surface area contributed by atoms with Gasteiger partial charge in [0.25, 0.3) is 11.8 Å². The molecule has 43 heavy (non-hydrogen) atoms. The van der Waals surface area contributed by atoms with E-state index in [-0.39, 0.29) is 18.0 Å². The Morgan fingerprint density at radius 1 is 1.14 bits per heavy atom. The first-order valence-electron chi connectivity index (χ1n) is 13.1. The Balaban J connectivity index is 1.49. The number of allylic oxidation sites excluding steroid dienone is 4. The second kappa shape index (κ2) is 10.5. The molecule has 1 aromatic heterocycles. The summed E-state index contributed by atoms with van der Waals surface area (Å²) < 4.78 is 45.6. The lowest BCUT2D eigenvalue weighted by molar-refractivity contribution is -0.139. The van der Waals surface area contributed by atoms with Crippen LogP contribution in [0.2, 0.25) is 10.0 Å². The number of pyridine rings is 1. The molecule has 2 aromatic carbocycles. The van der Waals surface area contributed by atoms with Gasteiger partial charge >= 0.3 is 6.18 Å². The normalized spacial score (nSPS) is 23.1. The summed E-state index contributed by atoms with van der Waals surface area (Å²) in [6.45, 7) is 3.97. The number of hydrogen-bond acceptors (Lipinski definition) is 6. The smallest absolute Gasteiger partial charge is 0.417 e. The third-order valence-electron chi connectivity index (χ3n) is 8.09. The minimum Gasteiger partial charge on any atom is -0.508 e. The number of rotatable bonds is 5. The van der Waals surface area contributed by atoms with E-state index < -0.39 is 45.8 Å². The maximum atomic E-state index is 14.7. The zero-order chi connectivity index (χ0) is 30.7. The molecular weight excluding hydrogens is 606 g/mol. The number of amides is 2. The number of aromatic hydroxyl groups is 1. The van der Waals surface area contributed by atoms with Gasteiger partial charge in [-0.2, -0.15) is 18.2 Å². The molecule has 1 aliphatic carbocycles. The van der Waals surface area contributed by atoms with Gasteiger partial charge in [0, 0.05) is 29.1 Å². The summed E-state index contributed by atoms with van der Waals surface area (Å²) in [6, 6.07) is 12.0. The number of hydrogen-bond donors (Lipinski definition) is 2. The van der Waals surface area contributed by atoms with Gasteiger partial charge < -0.3 is 9.84 Å². The van der Waals surface area contributed by atoms with Gasteiger partial charge in [0.1, 0.15) is 11.5 Å². The largest absolute Gasteiger partial charge is 0.508 e. The molecule has 2 aliphatic heterocycles. The maximum Gasteiger partial charge on any atom is 0.417 e. The monoisotopic (exact) mass is 627 g/mol. The van der Waals surface area contributed by atoms with Crippen molar-refractivity contribution in [3.63, 3.8) is 0 Å². The minimum absolute atomic E-state index is 0.0421. The predicted molar refractivity (Wildman–Crippen MR) is 153 cm³/mol. The first kappa shape index (κ1) is 28.8. The zero-order valence-corrected chi connectivity index (χ0v) is 23.7. The van der Waals surface area contributed by atoms with E-state index in [2.05, 4.69) is 17.0 Å². The van der Waals surface area contributed by atoms with E-state index >= 15 is 0 Å². The van der Waals surface area contributed by atoms with Gasteiger partial charge in [-0.25, -0.2) is 4.98 Å². The number of nitrogens with zero attached hydrogens (tertiary/aromatic N) is 2. The van der Waals surface area contributed by atoms with E-state index in [1.807, 2.05) is 6.08 Å². The second-order valence-corrected chi connectivity index (χ2v) is 11.3. The Hall–Kier alpha value is -4.28. The molecule has 3 aromatic rings. The number of carbonyl (C=O) groups is 2. The Morgan fingerprint density at radius 3 is 2.56 bits per heavy atom. The third kappa shape index (κ3) is 4.65. The van der Waals surface area contributed by atoms with Crippen LogP contribution in [0.1, 0.15) is 23.1 Å². The van der Waals surface area contributed by atoms with E-state index in [0.717, 1.165) is 5.01 Å². The predicted octanol–water partition coefficient (Wildman–Crippen LogP) is 7.01. The lowest BCUT2D eigenvalue weighted by Gasteiger charge is -2.44. The van der Waals surface area contributed by atoms with Gasteiger partial charge in [-0.1, -0.05) is 54.1 Å². The number of phenolic OH excluding ortho intramolecular Hbond substituents is 1. The molecule has 3 aliphatic rings. The molecule has 0 spiro atoms. The Kier molecular flexibility index (Phi) is 7.01. The number of aromatic nitrogens is 1. The van der Waals surface area contributed by atoms with E-state index in [1.54, 1.807) is 48.7 Å². The average molecular weight is 628 g/mol. The van der Waals surface area contributed by atoms with Gasteiger partial charge in [0.2, 0.25) is 0 Å². The van der Waals surface area contributed by atoms with Crippen molar-refractivity contribution in [2.24, 2.45) is 11.8 Å². The highest BCUT2D eigenvalue weighted by Crippen LogP contribution is 2.57. The topological polar surface area (TPSA) is 91.8 Å². The molecule has 2 N–H and O–H groups in total. The van der Waals surface area contributed by atoms with Crippen LogP contribution in [-0.2, 0) is 27.6 Å². The summed E-state index contributed by atoms with van der Waals surface area (Å²) in [4.78, 5) is 32.5. The fourth-order valence-electron chi connectivity index (χ4n) is 6.23. The molecule has 0 unspecified atom stereocenters. The van der Waals surface area contributed by atoms with Crippen molar-refractivity contribution in [3.05, 3.63) is 118 Å². The van der Waals surface area contributed by atoms with E-state index in [9.17, 15) is 27.9 Å². The molecule has 0 saturated carbocycles. The van der Waals surface area contributed by atoms with Crippen molar-refractivity contribution in [2.75, 3.05) is 5.43 Å². The van der Waals surface area contributed by atoms with Crippen LogP contribution < -0.4 is 10.2 Å². The van der Waals surface area contributed by atoms with Gasteiger partial charge in [0.15, 0.2) is 5.82 Å². The fraction of sp³-hybridized carbons (Fsp3) is 0.194. The number of nitrogens with one attached hydrogen (secondary N) is 1. The number of phenols is 1. The summed E-state index contributed by atoms with van der Waals surface area (Å²) in [6.07, 6.45) is 1.36. The van der Waals surface area contributed by atoms with E-state index in [0.29, 0.717) is 51.7 Å². The van der Waals surface area contributed by atoms with Crippen LogP contribution in [-0.4, -0.2) is 26.9 Å². The van der Waals surface area contributed by atoms with Crippen LogP contribution in [0.15, 0.2) is 90.9 Å². The van der Waals surface area contributed by atoms with Crippen molar-refractivity contribution in [1.29, 1.82) is 0 Å². The molecule has 3 heterocycles. The number of ether oxygens (including phenoxy) is 1. The Morgan fingerprint density at radius 2 is 1.88 bits per heavy atom. The number of carbonyl (C=O) groups excluding carboxylic acids is 2. The fourth-order valence-corrected chi connectivity index (χ4v) is 6.57. The van der Waals surface area contributed by atoms with Crippen molar-refractivity contribution >= 4 is 40.8 Å². The molecule has 6 rings (SSSR count). The quantitative estimate of drug-likeness (QED) is 0.296. The Labute approximate surface area is 253 Å². The van der Waals surface area contributed by atoms with E-state index in [4.69, 9.17) is 27.9 Å². The highest BCUT2D eigenvalue weighted by molar-refractivity contribution is 6.33. The van der Waals surface area contributed by atoms with Crippen LogP contribution in [0.5, 0.6) is 11.5 Å². The standard InChI is InChI=1S/C31H22Cl2F3N3O4/c1-2-16-3-9-23-28(41)39(38-27-24(33)13-20(14-37-27)31(34,35)36)29(42)30(23,19-4-6-21(32)7-5-19)26(16)18-11-17-12-22(40)8-10-25(17)43-15-18/h2-8,10,12-15,23,26,40H,1,9,11H2,(H,37,38)/t23-,26+,30+/m0/s1. The van der Waals surface area contributed by atoms with Crippen LogP contribution in [0.4, 0.5) is 19.0 Å². The lowest BCUT2D eigenvalue weighted by Crippen LogP contribution is -2.51. The van der Waals surface area contributed by atoms with Crippen molar-refractivity contribution in [1.82, 2.24) is 9.99 Å². The molecule has 12 heteroatoms. The molecule has 1 saturated heterocycles.